The van der Waals surface area contributed by atoms with Gasteiger partial charge in [0.15, 0.2) is 0 Å². The lowest BCUT2D eigenvalue weighted by Crippen LogP contribution is -2.33. The van der Waals surface area contributed by atoms with Crippen molar-refractivity contribution in [3.8, 4) is 0 Å². The summed E-state index contributed by atoms with van der Waals surface area (Å²) in [6, 6.07) is 4.23. The smallest absolute Gasteiger partial charge is 0.135 e. The summed E-state index contributed by atoms with van der Waals surface area (Å²) in [5.41, 5.74) is 1.03. The molecule has 4 heteroatoms. The van der Waals surface area contributed by atoms with Gasteiger partial charge in [0.1, 0.15) is 10.3 Å². The van der Waals surface area contributed by atoms with E-state index in [0.717, 1.165) is 18.7 Å². The van der Waals surface area contributed by atoms with E-state index < -0.39 is 0 Å². The molecule has 96 valence electrons. The van der Waals surface area contributed by atoms with Crippen LogP contribution in [0.15, 0.2) is 12.1 Å². The Balaban J connectivity index is 2.78. The molecule has 0 radical (unpaired) electrons. The van der Waals surface area contributed by atoms with Gasteiger partial charge in [-0.05, 0) is 25.8 Å². The molecule has 0 saturated heterocycles. The first kappa shape index (κ1) is 14.7. The molecule has 0 fully saturated rings. The summed E-state index contributed by atoms with van der Waals surface area (Å²) in [7, 11) is 0. The molecule has 0 aliphatic heterocycles. The summed E-state index contributed by atoms with van der Waals surface area (Å²) in [6.45, 7) is 10.7. The first-order valence-corrected chi connectivity index (χ1v) is 6.70. The summed E-state index contributed by atoms with van der Waals surface area (Å²) in [5.74, 6) is 0.636. The number of halogens is 2. The Kier molecular flexibility index (Phi) is 5.71. The van der Waals surface area contributed by atoms with Gasteiger partial charge in [0.25, 0.3) is 0 Å². The molecule has 0 N–H and O–H groups in total. The Morgan fingerprint density at radius 3 is 2.29 bits per heavy atom. The van der Waals surface area contributed by atoms with Crippen LogP contribution < -0.4 is 0 Å². The molecule has 1 heterocycles. The zero-order valence-electron chi connectivity index (χ0n) is 10.9. The number of nitrogens with zero attached hydrogens (tertiary/aromatic N) is 2. The third-order valence-corrected chi connectivity index (χ3v) is 3.13. The SMILES string of the molecule is CC(C)CN(Cc1ccc(Cl)nc1Cl)C(C)C. The number of aromatic nitrogens is 1. The lowest BCUT2D eigenvalue weighted by molar-refractivity contribution is 0.189. The predicted molar refractivity (Wildman–Crippen MR) is 74.6 cm³/mol. The standard InChI is InChI=1S/C13H20Cl2N2/c1-9(2)7-17(10(3)4)8-11-5-6-12(14)16-13(11)15/h5-6,9-10H,7-8H2,1-4H3. The van der Waals surface area contributed by atoms with Crippen LogP contribution >= 0.6 is 23.2 Å². The number of pyridine rings is 1. The van der Waals surface area contributed by atoms with E-state index in [4.69, 9.17) is 23.2 Å². The maximum atomic E-state index is 6.09. The third-order valence-electron chi connectivity index (χ3n) is 2.60. The molecule has 0 saturated carbocycles. The van der Waals surface area contributed by atoms with E-state index in [-0.39, 0.29) is 0 Å². The van der Waals surface area contributed by atoms with E-state index in [1.165, 1.54) is 0 Å². The van der Waals surface area contributed by atoms with Gasteiger partial charge in [-0.2, -0.15) is 0 Å². The van der Waals surface area contributed by atoms with E-state index in [9.17, 15) is 0 Å². The van der Waals surface area contributed by atoms with Crippen molar-refractivity contribution in [1.82, 2.24) is 9.88 Å². The highest BCUT2D eigenvalue weighted by atomic mass is 35.5. The Bertz CT molecular complexity index is 364. The van der Waals surface area contributed by atoms with E-state index in [1.807, 2.05) is 6.07 Å². The quantitative estimate of drug-likeness (QED) is 0.746. The highest BCUT2D eigenvalue weighted by Crippen LogP contribution is 2.19. The summed E-state index contributed by atoms with van der Waals surface area (Å²) in [4.78, 5) is 6.46. The fourth-order valence-corrected chi connectivity index (χ4v) is 2.11. The maximum Gasteiger partial charge on any atom is 0.135 e. The van der Waals surface area contributed by atoms with E-state index >= 15 is 0 Å². The van der Waals surface area contributed by atoms with Crippen LogP contribution in [0.4, 0.5) is 0 Å². The predicted octanol–water partition coefficient (Wildman–Crippen LogP) is 4.25. The Morgan fingerprint density at radius 2 is 1.82 bits per heavy atom. The minimum Gasteiger partial charge on any atom is -0.296 e. The summed E-state index contributed by atoms with van der Waals surface area (Å²) >= 11 is 11.9. The fraction of sp³-hybridized carbons (Fsp3) is 0.615. The molecule has 1 aromatic heterocycles. The molecule has 0 aliphatic carbocycles. The van der Waals surface area contributed by atoms with Crippen LogP contribution in [0, 0.1) is 5.92 Å². The molecular weight excluding hydrogens is 255 g/mol. The lowest BCUT2D eigenvalue weighted by atomic mass is 10.1. The van der Waals surface area contributed by atoms with Crippen LogP contribution in [0.1, 0.15) is 33.3 Å². The molecule has 1 aromatic rings. The topological polar surface area (TPSA) is 16.1 Å². The Labute approximate surface area is 114 Å². The second-order valence-electron chi connectivity index (χ2n) is 5.00. The molecule has 0 aliphatic rings. The molecule has 0 spiro atoms. The van der Waals surface area contributed by atoms with Crippen LogP contribution in [0.25, 0.3) is 0 Å². The molecular formula is C13H20Cl2N2. The normalized spacial score (nSPS) is 11.8. The molecule has 0 bridgehead atoms. The van der Waals surface area contributed by atoms with Crippen molar-refractivity contribution >= 4 is 23.2 Å². The molecule has 0 aromatic carbocycles. The van der Waals surface area contributed by atoms with Crippen LogP contribution in [0.2, 0.25) is 10.3 Å². The molecule has 17 heavy (non-hydrogen) atoms. The van der Waals surface area contributed by atoms with Crippen LogP contribution in [0.3, 0.4) is 0 Å². The molecule has 1 rings (SSSR count). The first-order chi connectivity index (χ1) is 7.90. The first-order valence-electron chi connectivity index (χ1n) is 5.95. The Hall–Kier alpha value is -0.310. The van der Waals surface area contributed by atoms with Gasteiger partial charge in [-0.15, -0.1) is 0 Å². The molecule has 0 unspecified atom stereocenters. The van der Waals surface area contributed by atoms with Gasteiger partial charge < -0.3 is 0 Å². The van der Waals surface area contributed by atoms with Gasteiger partial charge in [0.2, 0.25) is 0 Å². The molecule has 0 atom stereocenters. The Morgan fingerprint density at radius 1 is 1.18 bits per heavy atom. The highest BCUT2D eigenvalue weighted by Gasteiger charge is 2.14. The lowest BCUT2D eigenvalue weighted by Gasteiger charge is -2.28. The van der Waals surface area contributed by atoms with Crippen molar-refractivity contribution in [2.75, 3.05) is 6.54 Å². The summed E-state index contributed by atoms with van der Waals surface area (Å²) in [6.07, 6.45) is 0. The number of hydrogen-bond donors (Lipinski definition) is 0. The van der Waals surface area contributed by atoms with E-state index in [2.05, 4.69) is 37.6 Å². The monoisotopic (exact) mass is 274 g/mol. The van der Waals surface area contributed by atoms with Crippen molar-refractivity contribution in [1.29, 1.82) is 0 Å². The largest absolute Gasteiger partial charge is 0.296 e. The van der Waals surface area contributed by atoms with Gasteiger partial charge in [-0.3, -0.25) is 4.90 Å². The third kappa shape index (κ3) is 4.82. The van der Waals surface area contributed by atoms with Crippen molar-refractivity contribution in [3.05, 3.63) is 28.0 Å². The van der Waals surface area contributed by atoms with Crippen LogP contribution in [0.5, 0.6) is 0 Å². The maximum absolute atomic E-state index is 6.09. The number of rotatable bonds is 5. The summed E-state index contributed by atoms with van der Waals surface area (Å²) in [5, 5.41) is 0.950. The van der Waals surface area contributed by atoms with Crippen molar-refractivity contribution in [3.63, 3.8) is 0 Å². The average molecular weight is 275 g/mol. The van der Waals surface area contributed by atoms with Gasteiger partial charge >= 0.3 is 0 Å². The van der Waals surface area contributed by atoms with Gasteiger partial charge in [-0.25, -0.2) is 4.98 Å². The minimum atomic E-state index is 0.443. The zero-order valence-corrected chi connectivity index (χ0v) is 12.4. The van der Waals surface area contributed by atoms with Gasteiger partial charge in [0.05, 0.1) is 0 Å². The van der Waals surface area contributed by atoms with Gasteiger partial charge in [0, 0.05) is 24.7 Å². The van der Waals surface area contributed by atoms with E-state index in [1.54, 1.807) is 6.07 Å². The number of hydrogen-bond acceptors (Lipinski definition) is 2. The fourth-order valence-electron chi connectivity index (χ4n) is 1.70. The van der Waals surface area contributed by atoms with Crippen molar-refractivity contribution in [2.24, 2.45) is 5.92 Å². The van der Waals surface area contributed by atoms with Gasteiger partial charge in [-0.1, -0.05) is 43.1 Å². The average Bonchev–Trinajstić information content (AvgIpc) is 2.19. The van der Waals surface area contributed by atoms with E-state index in [0.29, 0.717) is 22.3 Å². The van der Waals surface area contributed by atoms with Crippen molar-refractivity contribution in [2.45, 2.75) is 40.3 Å². The molecule has 0 amide bonds. The summed E-state index contributed by atoms with van der Waals surface area (Å²) < 4.78 is 0. The zero-order chi connectivity index (χ0) is 13.0. The van der Waals surface area contributed by atoms with Crippen LogP contribution in [-0.4, -0.2) is 22.5 Å². The highest BCUT2D eigenvalue weighted by molar-refractivity contribution is 6.32. The van der Waals surface area contributed by atoms with Crippen LogP contribution in [-0.2, 0) is 6.54 Å². The second-order valence-corrected chi connectivity index (χ2v) is 5.75. The molecule has 2 nitrogen and oxygen atoms in total. The van der Waals surface area contributed by atoms with Crippen molar-refractivity contribution < 1.29 is 0 Å². The minimum absolute atomic E-state index is 0.443. The second kappa shape index (κ2) is 6.58.